The zero-order valence-electron chi connectivity index (χ0n) is 21.6. The van der Waals surface area contributed by atoms with Gasteiger partial charge in [0.05, 0.1) is 18.3 Å². The number of anilines is 1. The molecule has 0 radical (unpaired) electrons. The molecule has 10 heteroatoms. The van der Waals surface area contributed by atoms with Crippen molar-refractivity contribution in [3.8, 4) is 5.75 Å². The minimum atomic E-state index is -4.21. The molecule has 3 heterocycles. The van der Waals surface area contributed by atoms with Crippen molar-refractivity contribution in [1.29, 1.82) is 0 Å². The number of nitrogens with zero attached hydrogens (tertiary/aromatic N) is 2. The molecule has 3 aliphatic rings. The van der Waals surface area contributed by atoms with E-state index in [-0.39, 0.29) is 16.5 Å². The maximum absolute atomic E-state index is 13.3. The topological polar surface area (TPSA) is 118 Å². The highest BCUT2D eigenvalue weighted by molar-refractivity contribution is 7.90. The van der Waals surface area contributed by atoms with Gasteiger partial charge in [-0.1, -0.05) is 24.3 Å². The lowest BCUT2D eigenvalue weighted by atomic mass is 9.86. The summed E-state index contributed by atoms with van der Waals surface area (Å²) in [6, 6.07) is 10.5. The molecule has 2 unspecified atom stereocenters. The number of nitrogens with one attached hydrogen (secondary N) is 1. The Kier molecular flexibility index (Phi) is 6.70. The highest BCUT2D eigenvalue weighted by Gasteiger charge is 2.55. The van der Waals surface area contributed by atoms with Crippen LogP contribution in [0.25, 0.3) is 0 Å². The summed E-state index contributed by atoms with van der Waals surface area (Å²) >= 11 is 0. The van der Waals surface area contributed by atoms with E-state index in [9.17, 15) is 18.3 Å². The fourth-order valence-corrected chi connectivity index (χ4v) is 6.02. The van der Waals surface area contributed by atoms with Crippen LogP contribution < -0.4 is 14.4 Å². The molecule has 3 fully saturated rings. The lowest BCUT2D eigenvalue weighted by molar-refractivity contribution is -0.128. The lowest BCUT2D eigenvalue weighted by Gasteiger charge is -2.36. The number of sulfonamides is 1. The molecule has 1 saturated carbocycles. The second kappa shape index (κ2) is 9.56. The smallest absolute Gasteiger partial charge is 0.281 e. The molecule has 1 amide bonds. The quantitative estimate of drug-likeness (QED) is 0.562. The standard InChI is InChI=1S/C27H35N3O6S/c1-18-6-4-7-21(19-10-12-26(2,3)35-17-19)24(18)36-27(13-14-27)25(32)29-37(33,34)23-9-5-8-22(28-23)30-15-11-20(31)16-30/h4-9,19-20,31H,10-17H2,1-3H3,(H,29,32). The normalized spacial score (nSPS) is 24.5. The molecule has 9 nitrogen and oxygen atoms in total. The fraction of sp³-hybridized carbons (Fsp3) is 0.556. The molecule has 37 heavy (non-hydrogen) atoms. The number of benzene rings is 1. The molecule has 2 N–H and O–H groups in total. The van der Waals surface area contributed by atoms with Gasteiger partial charge < -0.3 is 19.5 Å². The van der Waals surface area contributed by atoms with Crippen LogP contribution in [0.4, 0.5) is 5.82 Å². The SMILES string of the molecule is Cc1cccc(C2CCC(C)(C)OC2)c1OC1(C(=O)NS(=O)(=O)c2cccc(N3CCC(O)C3)n2)CC1. The molecule has 0 spiro atoms. The Labute approximate surface area is 218 Å². The number of para-hydroxylation sites is 1. The second-order valence-electron chi connectivity index (χ2n) is 11.1. The first-order valence-electron chi connectivity index (χ1n) is 12.9. The number of aryl methyl sites for hydroxylation is 1. The number of aromatic nitrogens is 1. The summed E-state index contributed by atoms with van der Waals surface area (Å²) in [7, 11) is -4.21. The molecule has 0 bridgehead atoms. The van der Waals surface area contributed by atoms with Crippen LogP contribution in [0, 0.1) is 6.92 Å². The third-order valence-electron chi connectivity index (χ3n) is 7.57. The average Bonchev–Trinajstić information content (AvgIpc) is 3.52. The van der Waals surface area contributed by atoms with Crippen LogP contribution in [-0.4, -0.2) is 61.4 Å². The number of carbonyl (C=O) groups excluding carboxylic acids is 1. The maximum Gasteiger partial charge on any atom is 0.281 e. The van der Waals surface area contributed by atoms with Crippen LogP contribution in [-0.2, 0) is 19.6 Å². The molecule has 1 aliphatic carbocycles. The largest absolute Gasteiger partial charge is 0.477 e. The minimum absolute atomic E-state index is 0.140. The second-order valence-corrected chi connectivity index (χ2v) is 12.7. The Morgan fingerprint density at radius 2 is 1.92 bits per heavy atom. The first-order valence-corrected chi connectivity index (χ1v) is 14.4. The Morgan fingerprint density at radius 1 is 1.16 bits per heavy atom. The van der Waals surface area contributed by atoms with Crippen molar-refractivity contribution >= 4 is 21.7 Å². The number of amides is 1. The van der Waals surface area contributed by atoms with Crippen molar-refractivity contribution in [3.05, 3.63) is 47.5 Å². The molecule has 2 aromatic rings. The number of ether oxygens (including phenoxy) is 2. The van der Waals surface area contributed by atoms with Crippen LogP contribution in [0.5, 0.6) is 5.75 Å². The molecule has 2 aliphatic heterocycles. The van der Waals surface area contributed by atoms with Gasteiger partial charge in [0.2, 0.25) is 0 Å². The summed E-state index contributed by atoms with van der Waals surface area (Å²) < 4.78 is 40.8. The number of hydrogen-bond acceptors (Lipinski definition) is 8. The van der Waals surface area contributed by atoms with Gasteiger partial charge in [0.1, 0.15) is 11.6 Å². The average molecular weight is 530 g/mol. The molecule has 2 atom stereocenters. The van der Waals surface area contributed by atoms with E-state index in [1.54, 1.807) is 12.1 Å². The molecular weight excluding hydrogens is 494 g/mol. The number of hydrogen-bond donors (Lipinski definition) is 2. The fourth-order valence-electron chi connectivity index (χ4n) is 5.02. The summed E-state index contributed by atoms with van der Waals surface area (Å²) in [5.74, 6) is 0.536. The van der Waals surface area contributed by atoms with Gasteiger partial charge in [0.15, 0.2) is 10.6 Å². The van der Waals surface area contributed by atoms with Gasteiger partial charge in [-0.15, -0.1) is 0 Å². The summed E-state index contributed by atoms with van der Waals surface area (Å²) in [6.45, 7) is 7.64. The molecule has 2 saturated heterocycles. The van der Waals surface area contributed by atoms with Gasteiger partial charge in [0, 0.05) is 31.8 Å². The third kappa shape index (κ3) is 5.46. The van der Waals surface area contributed by atoms with Gasteiger partial charge in [-0.25, -0.2) is 9.71 Å². The van der Waals surface area contributed by atoms with E-state index in [0.29, 0.717) is 50.5 Å². The first-order chi connectivity index (χ1) is 17.5. The Morgan fingerprint density at radius 3 is 2.57 bits per heavy atom. The van der Waals surface area contributed by atoms with Crippen LogP contribution in [0.15, 0.2) is 41.4 Å². The van der Waals surface area contributed by atoms with E-state index in [1.807, 2.05) is 30.0 Å². The molecule has 1 aromatic carbocycles. The van der Waals surface area contributed by atoms with E-state index in [0.717, 1.165) is 24.0 Å². The highest BCUT2D eigenvalue weighted by atomic mass is 32.2. The molecular formula is C27H35N3O6S. The summed E-state index contributed by atoms with van der Waals surface area (Å²) in [5, 5.41) is 9.56. The van der Waals surface area contributed by atoms with Crippen molar-refractivity contribution in [1.82, 2.24) is 9.71 Å². The van der Waals surface area contributed by atoms with Gasteiger partial charge in [-0.3, -0.25) is 4.79 Å². The number of pyridine rings is 1. The van der Waals surface area contributed by atoms with E-state index in [2.05, 4.69) is 23.6 Å². The van der Waals surface area contributed by atoms with Gasteiger partial charge >= 0.3 is 0 Å². The van der Waals surface area contributed by atoms with E-state index in [1.165, 1.54) is 6.07 Å². The van der Waals surface area contributed by atoms with E-state index >= 15 is 0 Å². The van der Waals surface area contributed by atoms with Crippen molar-refractivity contribution in [2.75, 3.05) is 24.6 Å². The predicted molar refractivity (Wildman–Crippen MR) is 138 cm³/mol. The van der Waals surface area contributed by atoms with Crippen LogP contribution in [0.1, 0.15) is 63.0 Å². The first kappa shape index (κ1) is 25.9. The van der Waals surface area contributed by atoms with Gasteiger partial charge in [-0.2, -0.15) is 8.42 Å². The summed E-state index contributed by atoms with van der Waals surface area (Å²) in [6.07, 6.45) is 2.84. The van der Waals surface area contributed by atoms with Crippen molar-refractivity contribution < 1.29 is 27.8 Å². The molecule has 200 valence electrons. The van der Waals surface area contributed by atoms with Crippen molar-refractivity contribution in [2.45, 2.75) is 81.1 Å². The number of aliphatic hydroxyl groups excluding tert-OH is 1. The monoisotopic (exact) mass is 529 g/mol. The van der Waals surface area contributed by atoms with Gasteiger partial charge in [-0.05, 0) is 63.3 Å². The van der Waals surface area contributed by atoms with Crippen LogP contribution in [0.3, 0.4) is 0 Å². The highest BCUT2D eigenvalue weighted by Crippen LogP contribution is 2.45. The third-order valence-corrected chi connectivity index (χ3v) is 8.80. The van der Waals surface area contributed by atoms with E-state index in [4.69, 9.17) is 9.47 Å². The zero-order valence-corrected chi connectivity index (χ0v) is 22.4. The number of aliphatic hydroxyl groups is 1. The van der Waals surface area contributed by atoms with Crippen LogP contribution >= 0.6 is 0 Å². The van der Waals surface area contributed by atoms with Crippen molar-refractivity contribution in [2.24, 2.45) is 0 Å². The Balaban J connectivity index is 1.33. The summed E-state index contributed by atoms with van der Waals surface area (Å²) in [4.78, 5) is 19.4. The zero-order chi connectivity index (χ0) is 26.4. The number of β-amino-alcohol motifs (C(OH)–C–C–N with tert-alkyl or cyclic N) is 1. The maximum atomic E-state index is 13.3. The molecule has 5 rings (SSSR count). The Hall–Kier alpha value is -2.69. The predicted octanol–water partition coefficient (Wildman–Crippen LogP) is 3.05. The minimum Gasteiger partial charge on any atom is -0.477 e. The van der Waals surface area contributed by atoms with E-state index < -0.39 is 27.6 Å². The number of carbonyl (C=O) groups is 1. The summed E-state index contributed by atoms with van der Waals surface area (Å²) in [5.41, 5.74) is 0.484. The number of rotatable bonds is 7. The lowest BCUT2D eigenvalue weighted by Crippen LogP contribution is -2.44. The van der Waals surface area contributed by atoms with Crippen molar-refractivity contribution in [3.63, 3.8) is 0 Å². The van der Waals surface area contributed by atoms with Gasteiger partial charge in [0.25, 0.3) is 15.9 Å². The van der Waals surface area contributed by atoms with Crippen LogP contribution in [0.2, 0.25) is 0 Å². The molecule has 1 aromatic heterocycles. The Bertz CT molecular complexity index is 1280.